The number of imide groups is 1. The van der Waals surface area contributed by atoms with Crippen LogP contribution in [0.1, 0.15) is 25.7 Å². The average Bonchev–Trinajstić information content (AvgIpc) is 2.66. The predicted octanol–water partition coefficient (Wildman–Crippen LogP) is 3.67. The molecular weight excluding hydrogens is 285 g/mol. The lowest BCUT2D eigenvalue weighted by Gasteiger charge is -2.19. The van der Waals surface area contributed by atoms with Crippen molar-refractivity contribution >= 4 is 40.7 Å². The second-order valence-electron chi connectivity index (χ2n) is 5.11. The van der Waals surface area contributed by atoms with Gasteiger partial charge in [0.15, 0.2) is 0 Å². The summed E-state index contributed by atoms with van der Waals surface area (Å²) < 4.78 is 0. The molecule has 19 heavy (non-hydrogen) atoms. The number of benzene rings is 1. The summed E-state index contributed by atoms with van der Waals surface area (Å²) in [4.78, 5) is 26.0. The van der Waals surface area contributed by atoms with Crippen molar-refractivity contribution in [3.05, 3.63) is 28.2 Å². The Balaban J connectivity index is 1.98. The lowest BCUT2D eigenvalue weighted by atomic mass is 9.81. The van der Waals surface area contributed by atoms with Crippen LogP contribution in [0.5, 0.6) is 0 Å². The van der Waals surface area contributed by atoms with E-state index in [-0.39, 0.29) is 23.7 Å². The number of hydrogen-bond donors (Lipinski definition) is 0. The second kappa shape index (κ2) is 4.80. The van der Waals surface area contributed by atoms with Gasteiger partial charge in [0, 0.05) is 0 Å². The van der Waals surface area contributed by atoms with Gasteiger partial charge in [0.2, 0.25) is 11.8 Å². The number of carbonyl (C=O) groups is 2. The number of amides is 2. The van der Waals surface area contributed by atoms with Gasteiger partial charge in [0.1, 0.15) is 0 Å². The molecule has 0 bridgehead atoms. The van der Waals surface area contributed by atoms with E-state index in [0.717, 1.165) is 25.7 Å². The predicted molar refractivity (Wildman–Crippen MR) is 74.4 cm³/mol. The molecule has 2 amide bonds. The molecule has 0 N–H and O–H groups in total. The highest BCUT2D eigenvalue weighted by Gasteiger charge is 2.48. The van der Waals surface area contributed by atoms with E-state index in [0.29, 0.717) is 15.7 Å². The highest BCUT2D eigenvalue weighted by atomic mass is 35.5. The minimum atomic E-state index is -0.143. The Labute approximate surface area is 121 Å². The van der Waals surface area contributed by atoms with E-state index in [1.165, 1.54) is 4.90 Å². The van der Waals surface area contributed by atoms with E-state index >= 15 is 0 Å². The van der Waals surface area contributed by atoms with Gasteiger partial charge in [-0.15, -0.1) is 0 Å². The summed E-state index contributed by atoms with van der Waals surface area (Å²) in [5.74, 6) is -0.465. The molecule has 0 unspecified atom stereocenters. The van der Waals surface area contributed by atoms with Crippen molar-refractivity contribution in [3.63, 3.8) is 0 Å². The Morgan fingerprint density at radius 3 is 2.05 bits per heavy atom. The lowest BCUT2D eigenvalue weighted by Crippen LogP contribution is -2.30. The normalized spacial score (nSPS) is 26.7. The Kier molecular flexibility index (Phi) is 3.27. The number of halogens is 2. The first kappa shape index (κ1) is 12.9. The lowest BCUT2D eigenvalue weighted by molar-refractivity contribution is -0.122. The highest BCUT2D eigenvalue weighted by molar-refractivity contribution is 6.42. The van der Waals surface area contributed by atoms with E-state index in [2.05, 4.69) is 0 Å². The van der Waals surface area contributed by atoms with Crippen molar-refractivity contribution in [1.82, 2.24) is 0 Å². The van der Waals surface area contributed by atoms with Crippen LogP contribution in [-0.2, 0) is 9.59 Å². The number of fused-ring (bicyclic) bond motifs is 1. The molecule has 2 fully saturated rings. The van der Waals surface area contributed by atoms with E-state index in [1.807, 2.05) is 0 Å². The van der Waals surface area contributed by atoms with Crippen molar-refractivity contribution < 1.29 is 9.59 Å². The van der Waals surface area contributed by atoms with Gasteiger partial charge in [-0.3, -0.25) is 14.5 Å². The van der Waals surface area contributed by atoms with Crippen molar-refractivity contribution in [2.24, 2.45) is 11.8 Å². The minimum Gasteiger partial charge on any atom is -0.274 e. The quantitative estimate of drug-likeness (QED) is 0.742. The molecule has 1 aliphatic carbocycles. The Bertz CT molecular complexity index is 534. The molecule has 0 spiro atoms. The third-order valence-electron chi connectivity index (χ3n) is 4.00. The largest absolute Gasteiger partial charge is 0.274 e. The van der Waals surface area contributed by atoms with Crippen molar-refractivity contribution in [1.29, 1.82) is 0 Å². The maximum absolute atomic E-state index is 12.4. The van der Waals surface area contributed by atoms with Crippen molar-refractivity contribution in [2.45, 2.75) is 25.7 Å². The summed E-state index contributed by atoms with van der Waals surface area (Å²) in [6.45, 7) is 0. The molecule has 0 aromatic heterocycles. The monoisotopic (exact) mass is 297 g/mol. The number of nitrogens with zero attached hydrogens (tertiary/aromatic N) is 1. The van der Waals surface area contributed by atoms with E-state index in [1.54, 1.807) is 18.2 Å². The number of rotatable bonds is 1. The summed E-state index contributed by atoms with van der Waals surface area (Å²) in [6.07, 6.45) is 3.67. The fourth-order valence-electron chi connectivity index (χ4n) is 3.04. The average molecular weight is 298 g/mol. The van der Waals surface area contributed by atoms with Gasteiger partial charge in [-0.1, -0.05) is 36.0 Å². The molecule has 5 heteroatoms. The highest BCUT2D eigenvalue weighted by Crippen LogP contribution is 2.40. The van der Waals surface area contributed by atoms with Crippen LogP contribution in [0.3, 0.4) is 0 Å². The number of hydrogen-bond acceptors (Lipinski definition) is 2. The van der Waals surface area contributed by atoms with Crippen LogP contribution in [-0.4, -0.2) is 11.8 Å². The summed E-state index contributed by atoms with van der Waals surface area (Å²) >= 11 is 11.8. The zero-order chi connectivity index (χ0) is 13.6. The van der Waals surface area contributed by atoms with Crippen LogP contribution in [0.25, 0.3) is 0 Å². The van der Waals surface area contributed by atoms with Gasteiger partial charge in [-0.05, 0) is 31.0 Å². The van der Waals surface area contributed by atoms with Gasteiger partial charge < -0.3 is 0 Å². The van der Waals surface area contributed by atoms with Crippen molar-refractivity contribution in [3.8, 4) is 0 Å². The standard InChI is InChI=1S/C14H13Cl2NO2/c15-11-6-5-8(7-12(11)16)17-13(18)9-3-1-2-4-10(9)14(17)19/h5-7,9-10H,1-4H2/t9-,10+. The smallest absolute Gasteiger partial charge is 0.237 e. The maximum atomic E-state index is 12.4. The topological polar surface area (TPSA) is 37.4 Å². The van der Waals surface area contributed by atoms with Crippen molar-refractivity contribution in [2.75, 3.05) is 4.90 Å². The molecule has 1 heterocycles. The van der Waals surface area contributed by atoms with Crippen LogP contribution in [0.15, 0.2) is 18.2 Å². The van der Waals surface area contributed by atoms with Crippen LogP contribution in [0.4, 0.5) is 5.69 Å². The molecule has 3 nitrogen and oxygen atoms in total. The summed E-state index contributed by atoms with van der Waals surface area (Å²) in [5, 5.41) is 0.775. The SMILES string of the molecule is O=C1[C@H]2CCCC[C@H]2C(=O)N1c1ccc(Cl)c(Cl)c1. The fourth-order valence-corrected chi connectivity index (χ4v) is 3.33. The zero-order valence-electron chi connectivity index (χ0n) is 10.2. The Hall–Kier alpha value is -1.06. The van der Waals surface area contributed by atoms with E-state index in [9.17, 15) is 9.59 Å². The molecule has 1 saturated carbocycles. The number of anilines is 1. The zero-order valence-corrected chi connectivity index (χ0v) is 11.7. The molecule has 1 aromatic carbocycles. The van der Waals surface area contributed by atoms with Gasteiger partial charge in [0.25, 0.3) is 0 Å². The Morgan fingerprint density at radius 1 is 0.947 bits per heavy atom. The minimum absolute atomic E-state index is 0.0897. The third-order valence-corrected chi connectivity index (χ3v) is 4.74. The van der Waals surface area contributed by atoms with Crippen LogP contribution < -0.4 is 4.90 Å². The summed E-state index contributed by atoms with van der Waals surface area (Å²) in [7, 11) is 0. The van der Waals surface area contributed by atoms with Gasteiger partial charge in [-0.25, -0.2) is 0 Å². The molecule has 1 aliphatic heterocycles. The maximum Gasteiger partial charge on any atom is 0.237 e. The van der Waals surface area contributed by atoms with E-state index < -0.39 is 0 Å². The number of carbonyl (C=O) groups excluding carboxylic acids is 2. The summed E-state index contributed by atoms with van der Waals surface area (Å²) in [5.41, 5.74) is 0.527. The Morgan fingerprint density at radius 2 is 1.53 bits per heavy atom. The molecular formula is C14H13Cl2NO2. The molecule has 0 radical (unpaired) electrons. The van der Waals surface area contributed by atoms with Gasteiger partial charge in [0.05, 0.1) is 27.6 Å². The first-order chi connectivity index (χ1) is 9.09. The van der Waals surface area contributed by atoms with E-state index in [4.69, 9.17) is 23.2 Å². The molecule has 1 aromatic rings. The molecule has 2 atom stereocenters. The van der Waals surface area contributed by atoms with Crippen LogP contribution in [0, 0.1) is 11.8 Å². The molecule has 1 saturated heterocycles. The fraction of sp³-hybridized carbons (Fsp3) is 0.429. The third kappa shape index (κ3) is 2.05. The molecule has 100 valence electrons. The summed E-state index contributed by atoms with van der Waals surface area (Å²) in [6, 6.07) is 4.86. The van der Waals surface area contributed by atoms with Crippen LogP contribution in [0.2, 0.25) is 10.0 Å². The molecule has 2 aliphatic rings. The van der Waals surface area contributed by atoms with Crippen LogP contribution >= 0.6 is 23.2 Å². The van der Waals surface area contributed by atoms with Gasteiger partial charge in [-0.2, -0.15) is 0 Å². The first-order valence-corrected chi connectivity index (χ1v) is 7.18. The first-order valence-electron chi connectivity index (χ1n) is 6.42. The second-order valence-corrected chi connectivity index (χ2v) is 5.92. The van der Waals surface area contributed by atoms with Gasteiger partial charge >= 0.3 is 0 Å². The molecule has 3 rings (SSSR count).